The Balaban J connectivity index is 4.26. The molecular weight excluding hydrogens is 236 g/mol. The minimum Gasteiger partial charge on any atom is -0.464 e. The van der Waals surface area contributed by atoms with Gasteiger partial charge in [-0.05, 0) is 20.4 Å². The zero-order valence-corrected chi connectivity index (χ0v) is 11.5. The van der Waals surface area contributed by atoms with Crippen molar-refractivity contribution in [2.75, 3.05) is 19.8 Å². The smallest absolute Gasteiger partial charge is 0.356 e. The minimum atomic E-state index is -2.43. The number of hydrogen-bond donors (Lipinski definition) is 0. The molecule has 0 aromatic heterocycles. The van der Waals surface area contributed by atoms with Crippen molar-refractivity contribution in [1.29, 1.82) is 0 Å². The first-order chi connectivity index (χ1) is 6.96. The normalized spacial score (nSPS) is 13.7. The van der Waals surface area contributed by atoms with Crippen LogP contribution in [-0.2, 0) is 18.4 Å². The van der Waals surface area contributed by atoms with Crippen molar-refractivity contribution >= 4 is 26.1 Å². The van der Waals surface area contributed by atoms with Crippen LogP contribution < -0.4 is 0 Å². The Kier molecular flexibility index (Phi) is 7.17. The molecule has 1 unspecified atom stereocenters. The van der Waals surface area contributed by atoms with Crippen LogP contribution in [-0.4, -0.2) is 39.4 Å². The topological polar surface area (TPSA) is 44.8 Å². The molecule has 0 fully saturated rings. The Morgan fingerprint density at radius 2 is 1.80 bits per heavy atom. The van der Waals surface area contributed by atoms with Gasteiger partial charge in [0.1, 0.15) is 11.6 Å². The minimum absolute atomic E-state index is 0.139. The van der Waals surface area contributed by atoms with Gasteiger partial charge in [-0.1, -0.05) is 0 Å². The molecule has 0 aliphatic rings. The molecule has 0 aromatic rings. The number of rotatable bonds is 7. The second-order valence-corrected chi connectivity index (χ2v) is 7.35. The lowest BCUT2D eigenvalue weighted by Gasteiger charge is -2.29. The number of hydrogen-bond acceptors (Lipinski definition) is 4. The quantitative estimate of drug-likeness (QED) is 0.395. The van der Waals surface area contributed by atoms with Crippen LogP contribution in [0.4, 0.5) is 0 Å². The van der Waals surface area contributed by atoms with E-state index in [0.717, 1.165) is 0 Å². The number of halogens is 1. The standard InChI is InChI=1S/C9H19ClO4Si/c1-5-13-15(4,14-6-2)9(10)7-12-8(3)11/h9H,5-7H2,1-4H3. The van der Waals surface area contributed by atoms with E-state index in [2.05, 4.69) is 0 Å². The van der Waals surface area contributed by atoms with E-state index in [9.17, 15) is 4.79 Å². The first kappa shape index (κ1) is 14.9. The monoisotopic (exact) mass is 254 g/mol. The molecule has 0 aliphatic carbocycles. The van der Waals surface area contributed by atoms with E-state index in [1.165, 1.54) is 6.92 Å². The largest absolute Gasteiger partial charge is 0.464 e. The van der Waals surface area contributed by atoms with Gasteiger partial charge in [0.2, 0.25) is 0 Å². The Labute approximate surface area is 97.1 Å². The molecule has 90 valence electrons. The summed E-state index contributed by atoms with van der Waals surface area (Å²) in [5.74, 6) is -0.343. The van der Waals surface area contributed by atoms with Crippen LogP contribution in [0.3, 0.4) is 0 Å². The van der Waals surface area contributed by atoms with Gasteiger partial charge in [0, 0.05) is 20.1 Å². The Bertz CT molecular complexity index is 195. The number of alkyl halides is 1. The Morgan fingerprint density at radius 3 is 2.13 bits per heavy atom. The summed E-state index contributed by atoms with van der Waals surface area (Å²) >= 11 is 6.12. The maximum atomic E-state index is 10.6. The van der Waals surface area contributed by atoms with E-state index >= 15 is 0 Å². The van der Waals surface area contributed by atoms with Crippen molar-refractivity contribution in [2.45, 2.75) is 32.3 Å². The summed E-state index contributed by atoms with van der Waals surface area (Å²) in [4.78, 5) is 10.6. The first-order valence-electron chi connectivity index (χ1n) is 5.01. The maximum absolute atomic E-state index is 10.6. The van der Waals surface area contributed by atoms with E-state index in [-0.39, 0.29) is 17.6 Å². The molecule has 0 aromatic carbocycles. The van der Waals surface area contributed by atoms with Crippen molar-refractivity contribution in [3.8, 4) is 0 Å². The van der Waals surface area contributed by atoms with E-state index in [4.69, 9.17) is 25.2 Å². The second kappa shape index (κ2) is 7.22. The number of carbonyl (C=O) groups excluding carboxylic acids is 1. The third-order valence-corrected chi connectivity index (χ3v) is 6.21. The van der Waals surface area contributed by atoms with Crippen LogP contribution in [0.1, 0.15) is 20.8 Å². The highest BCUT2D eigenvalue weighted by Crippen LogP contribution is 2.18. The van der Waals surface area contributed by atoms with Crippen LogP contribution in [0.25, 0.3) is 0 Å². The summed E-state index contributed by atoms with van der Waals surface area (Å²) in [5, 5.41) is -0.388. The lowest BCUT2D eigenvalue weighted by Crippen LogP contribution is -2.50. The SMILES string of the molecule is CCO[Si](C)(OCC)C(Cl)COC(C)=O. The summed E-state index contributed by atoms with van der Waals surface area (Å²) in [6.07, 6.45) is 0. The first-order valence-corrected chi connectivity index (χ1v) is 7.84. The van der Waals surface area contributed by atoms with E-state index in [1.807, 2.05) is 20.4 Å². The lowest BCUT2D eigenvalue weighted by molar-refractivity contribution is -0.140. The highest BCUT2D eigenvalue weighted by atomic mass is 35.5. The van der Waals surface area contributed by atoms with Gasteiger partial charge in [-0.15, -0.1) is 11.6 Å². The molecule has 0 rings (SSSR count). The van der Waals surface area contributed by atoms with E-state index in [1.54, 1.807) is 0 Å². The number of esters is 1. The van der Waals surface area contributed by atoms with Crippen LogP contribution in [0.15, 0.2) is 0 Å². The van der Waals surface area contributed by atoms with Gasteiger partial charge in [0.25, 0.3) is 0 Å². The fourth-order valence-electron chi connectivity index (χ4n) is 1.14. The maximum Gasteiger partial charge on any atom is 0.356 e. The van der Waals surface area contributed by atoms with Gasteiger partial charge >= 0.3 is 14.5 Å². The van der Waals surface area contributed by atoms with Crippen LogP contribution >= 0.6 is 11.6 Å². The summed E-state index contributed by atoms with van der Waals surface area (Å²) < 4.78 is 16.0. The van der Waals surface area contributed by atoms with E-state index < -0.39 is 8.56 Å². The van der Waals surface area contributed by atoms with Crippen LogP contribution in [0.5, 0.6) is 0 Å². The van der Waals surface area contributed by atoms with E-state index in [0.29, 0.717) is 13.2 Å². The molecule has 0 radical (unpaired) electrons. The molecule has 0 spiro atoms. The lowest BCUT2D eigenvalue weighted by atomic mass is 10.8. The van der Waals surface area contributed by atoms with Crippen molar-refractivity contribution in [1.82, 2.24) is 0 Å². The molecule has 15 heavy (non-hydrogen) atoms. The molecule has 0 saturated carbocycles. The third-order valence-electron chi connectivity index (χ3n) is 1.86. The summed E-state index contributed by atoms with van der Waals surface area (Å²) in [6, 6.07) is 0. The van der Waals surface area contributed by atoms with Crippen molar-refractivity contribution in [3.05, 3.63) is 0 Å². The molecule has 0 heterocycles. The highest BCUT2D eigenvalue weighted by Gasteiger charge is 2.40. The van der Waals surface area contributed by atoms with Gasteiger partial charge in [0.15, 0.2) is 0 Å². The average molecular weight is 255 g/mol. The predicted octanol–water partition coefficient (Wildman–Crippen LogP) is 1.84. The molecule has 1 atom stereocenters. The van der Waals surface area contributed by atoms with Crippen molar-refractivity contribution < 1.29 is 18.4 Å². The summed E-state index contributed by atoms with van der Waals surface area (Å²) in [5.41, 5.74) is 0. The molecule has 0 saturated heterocycles. The zero-order valence-electron chi connectivity index (χ0n) is 9.71. The third kappa shape index (κ3) is 5.51. The Morgan fingerprint density at radius 1 is 1.33 bits per heavy atom. The highest BCUT2D eigenvalue weighted by molar-refractivity contribution is 6.75. The number of carbonyl (C=O) groups is 1. The summed E-state index contributed by atoms with van der Waals surface area (Å²) in [6.45, 7) is 8.24. The fourth-order valence-corrected chi connectivity index (χ4v) is 3.56. The second-order valence-electron chi connectivity index (χ2n) is 3.15. The van der Waals surface area contributed by atoms with Gasteiger partial charge in [0.05, 0.1) is 0 Å². The van der Waals surface area contributed by atoms with Gasteiger partial charge in [-0.3, -0.25) is 4.79 Å². The predicted molar refractivity (Wildman–Crippen MR) is 61.1 cm³/mol. The van der Waals surface area contributed by atoms with Crippen LogP contribution in [0.2, 0.25) is 6.55 Å². The summed E-state index contributed by atoms with van der Waals surface area (Å²) in [7, 11) is -2.43. The molecule has 0 bridgehead atoms. The average Bonchev–Trinajstić information content (AvgIpc) is 2.14. The molecule has 0 aliphatic heterocycles. The molecule has 4 nitrogen and oxygen atoms in total. The van der Waals surface area contributed by atoms with Crippen molar-refractivity contribution in [2.24, 2.45) is 0 Å². The zero-order chi connectivity index (χ0) is 11.9. The number of ether oxygens (including phenoxy) is 1. The molecule has 0 N–H and O–H groups in total. The Hall–Kier alpha value is -0.103. The fraction of sp³-hybridized carbons (Fsp3) is 0.889. The van der Waals surface area contributed by atoms with Crippen LogP contribution in [0, 0.1) is 0 Å². The van der Waals surface area contributed by atoms with Gasteiger partial charge in [-0.25, -0.2) is 0 Å². The molecule has 0 amide bonds. The van der Waals surface area contributed by atoms with Gasteiger partial charge < -0.3 is 13.6 Å². The van der Waals surface area contributed by atoms with Crippen molar-refractivity contribution in [3.63, 3.8) is 0 Å². The molecular formula is C9H19ClO4Si. The molecule has 6 heteroatoms. The van der Waals surface area contributed by atoms with Gasteiger partial charge in [-0.2, -0.15) is 0 Å².